The number of benzene rings is 1. The van der Waals surface area contributed by atoms with Gasteiger partial charge in [-0.2, -0.15) is 0 Å². The molecular formula is C16H16N2O3. The van der Waals surface area contributed by atoms with Crippen molar-refractivity contribution in [3.05, 3.63) is 42.0 Å². The number of amides is 1. The van der Waals surface area contributed by atoms with Gasteiger partial charge in [-0.3, -0.25) is 9.79 Å². The van der Waals surface area contributed by atoms with Gasteiger partial charge in [0, 0.05) is 18.8 Å². The minimum Gasteiger partial charge on any atom is -0.493 e. The lowest BCUT2D eigenvalue weighted by molar-refractivity contribution is 0.0765. The molecule has 0 aromatic heterocycles. The molecule has 0 N–H and O–H groups in total. The zero-order valence-corrected chi connectivity index (χ0v) is 12.0. The predicted molar refractivity (Wildman–Crippen MR) is 80.8 cm³/mol. The Bertz CT molecular complexity index is 676. The molecule has 5 nitrogen and oxygen atoms in total. The summed E-state index contributed by atoms with van der Waals surface area (Å²) in [6.45, 7) is 4.42. The van der Waals surface area contributed by atoms with Crippen molar-refractivity contribution in [1.29, 1.82) is 0 Å². The van der Waals surface area contributed by atoms with Gasteiger partial charge in [-0.1, -0.05) is 18.7 Å². The third-order valence-corrected chi connectivity index (χ3v) is 3.62. The Labute approximate surface area is 123 Å². The van der Waals surface area contributed by atoms with Crippen LogP contribution in [-0.2, 0) is 0 Å². The molecule has 0 saturated carbocycles. The second-order valence-corrected chi connectivity index (χ2v) is 4.94. The molecule has 2 aliphatic rings. The molecular weight excluding hydrogens is 268 g/mol. The van der Waals surface area contributed by atoms with Gasteiger partial charge in [-0.25, -0.2) is 0 Å². The SMILES string of the molecule is C=C1C=C[C@H]2C=Nc3cc(OC)c(OC)cc3C(=O)N2C1. The number of aliphatic imine (C=N–C) groups is 1. The van der Waals surface area contributed by atoms with E-state index in [4.69, 9.17) is 9.47 Å². The zero-order chi connectivity index (χ0) is 15.0. The number of methoxy groups -OCH3 is 2. The maximum Gasteiger partial charge on any atom is 0.257 e. The highest BCUT2D eigenvalue weighted by atomic mass is 16.5. The van der Waals surface area contributed by atoms with Crippen LogP contribution in [0.1, 0.15) is 10.4 Å². The van der Waals surface area contributed by atoms with Gasteiger partial charge in [0.1, 0.15) is 0 Å². The monoisotopic (exact) mass is 284 g/mol. The topological polar surface area (TPSA) is 51.1 Å². The number of rotatable bonds is 2. The maximum absolute atomic E-state index is 12.8. The minimum absolute atomic E-state index is 0.0843. The number of hydrogen-bond acceptors (Lipinski definition) is 4. The van der Waals surface area contributed by atoms with Crippen molar-refractivity contribution < 1.29 is 14.3 Å². The van der Waals surface area contributed by atoms with E-state index >= 15 is 0 Å². The first kappa shape index (κ1) is 13.4. The molecule has 0 spiro atoms. The molecule has 1 amide bonds. The second kappa shape index (κ2) is 5.09. The minimum atomic E-state index is -0.146. The van der Waals surface area contributed by atoms with Gasteiger partial charge in [0.05, 0.1) is 31.5 Å². The summed E-state index contributed by atoms with van der Waals surface area (Å²) in [5, 5.41) is 0. The van der Waals surface area contributed by atoms with Crippen LogP contribution in [-0.4, -0.2) is 43.8 Å². The van der Waals surface area contributed by atoms with Crippen molar-refractivity contribution in [3.8, 4) is 11.5 Å². The smallest absolute Gasteiger partial charge is 0.257 e. The summed E-state index contributed by atoms with van der Waals surface area (Å²) in [4.78, 5) is 18.9. The number of nitrogens with zero attached hydrogens (tertiary/aromatic N) is 2. The number of hydrogen-bond donors (Lipinski definition) is 0. The first-order valence-corrected chi connectivity index (χ1v) is 6.61. The average molecular weight is 284 g/mol. The van der Waals surface area contributed by atoms with E-state index in [2.05, 4.69) is 11.6 Å². The highest BCUT2D eigenvalue weighted by Crippen LogP contribution is 2.37. The van der Waals surface area contributed by atoms with E-state index in [1.165, 1.54) is 0 Å². The summed E-state index contributed by atoms with van der Waals surface area (Å²) in [5.41, 5.74) is 2.00. The van der Waals surface area contributed by atoms with Crippen molar-refractivity contribution in [2.45, 2.75) is 6.04 Å². The van der Waals surface area contributed by atoms with Crippen molar-refractivity contribution in [2.75, 3.05) is 20.8 Å². The second-order valence-electron chi connectivity index (χ2n) is 4.94. The summed E-state index contributed by atoms with van der Waals surface area (Å²) in [6.07, 6.45) is 5.61. The predicted octanol–water partition coefficient (Wildman–Crippen LogP) is 2.36. The van der Waals surface area contributed by atoms with E-state index in [0.29, 0.717) is 29.3 Å². The van der Waals surface area contributed by atoms with E-state index in [-0.39, 0.29) is 11.9 Å². The van der Waals surface area contributed by atoms with E-state index in [1.807, 2.05) is 12.2 Å². The Morgan fingerprint density at radius 3 is 2.71 bits per heavy atom. The van der Waals surface area contributed by atoms with Crippen LogP contribution in [0, 0.1) is 0 Å². The van der Waals surface area contributed by atoms with Crippen LogP contribution in [0.4, 0.5) is 5.69 Å². The van der Waals surface area contributed by atoms with Gasteiger partial charge in [0.25, 0.3) is 5.91 Å². The summed E-state index contributed by atoms with van der Waals surface area (Å²) in [7, 11) is 3.10. The average Bonchev–Trinajstić information content (AvgIpc) is 2.63. The van der Waals surface area contributed by atoms with Gasteiger partial charge in [0.15, 0.2) is 11.5 Å². The fraction of sp³-hybridized carbons (Fsp3) is 0.250. The van der Waals surface area contributed by atoms with E-state index in [0.717, 1.165) is 5.57 Å². The van der Waals surface area contributed by atoms with Crippen molar-refractivity contribution in [1.82, 2.24) is 4.90 Å². The molecule has 0 unspecified atom stereocenters. The third kappa shape index (κ3) is 2.20. The first-order valence-electron chi connectivity index (χ1n) is 6.61. The van der Waals surface area contributed by atoms with E-state index in [1.54, 1.807) is 37.5 Å². The Kier molecular flexibility index (Phi) is 3.25. The fourth-order valence-corrected chi connectivity index (χ4v) is 2.51. The lowest BCUT2D eigenvalue weighted by Gasteiger charge is -2.29. The molecule has 0 bridgehead atoms. The molecule has 0 radical (unpaired) electrons. The molecule has 0 fully saturated rings. The molecule has 0 saturated heterocycles. The van der Waals surface area contributed by atoms with Gasteiger partial charge in [0.2, 0.25) is 0 Å². The summed E-state index contributed by atoms with van der Waals surface area (Å²) < 4.78 is 10.5. The Morgan fingerprint density at radius 1 is 1.29 bits per heavy atom. The summed E-state index contributed by atoms with van der Waals surface area (Å²) in [5.74, 6) is 0.990. The summed E-state index contributed by atoms with van der Waals surface area (Å²) in [6, 6.07) is 3.25. The molecule has 108 valence electrons. The number of fused-ring (bicyclic) bond motifs is 2. The van der Waals surface area contributed by atoms with Crippen molar-refractivity contribution >= 4 is 17.8 Å². The maximum atomic E-state index is 12.8. The highest BCUT2D eigenvalue weighted by Gasteiger charge is 2.30. The summed E-state index contributed by atoms with van der Waals surface area (Å²) >= 11 is 0. The van der Waals surface area contributed by atoms with Gasteiger partial charge < -0.3 is 14.4 Å². The lowest BCUT2D eigenvalue weighted by atomic mass is 10.1. The largest absolute Gasteiger partial charge is 0.493 e. The molecule has 2 aliphatic heterocycles. The van der Waals surface area contributed by atoms with E-state index < -0.39 is 0 Å². The van der Waals surface area contributed by atoms with Crippen LogP contribution in [0.5, 0.6) is 11.5 Å². The van der Waals surface area contributed by atoms with Crippen LogP contribution in [0.25, 0.3) is 0 Å². The molecule has 1 aromatic carbocycles. The van der Waals surface area contributed by atoms with Crippen LogP contribution in [0.2, 0.25) is 0 Å². The third-order valence-electron chi connectivity index (χ3n) is 3.62. The molecule has 0 aliphatic carbocycles. The fourth-order valence-electron chi connectivity index (χ4n) is 2.51. The first-order chi connectivity index (χ1) is 10.1. The number of carbonyl (C=O) groups is 1. The Balaban J connectivity index is 2.12. The quantitative estimate of drug-likeness (QED) is 0.837. The normalized spacial score (nSPS) is 19.9. The van der Waals surface area contributed by atoms with Crippen LogP contribution >= 0.6 is 0 Å². The van der Waals surface area contributed by atoms with Crippen LogP contribution in [0.15, 0.2) is 41.4 Å². The molecule has 3 rings (SSSR count). The Morgan fingerprint density at radius 2 is 2.00 bits per heavy atom. The molecule has 5 heteroatoms. The van der Waals surface area contributed by atoms with Crippen LogP contribution < -0.4 is 9.47 Å². The standard InChI is InChI=1S/C16H16N2O3/c1-10-4-5-11-8-17-13-7-15(21-3)14(20-2)6-12(13)16(19)18(11)9-10/h4-8,11H,1,9H2,2-3H3/t11-/m0/s1. The molecule has 21 heavy (non-hydrogen) atoms. The highest BCUT2D eigenvalue weighted by molar-refractivity contribution is 6.04. The van der Waals surface area contributed by atoms with E-state index in [9.17, 15) is 4.79 Å². The number of carbonyl (C=O) groups excluding carboxylic acids is 1. The molecule has 2 heterocycles. The van der Waals surface area contributed by atoms with Gasteiger partial charge in [-0.15, -0.1) is 0 Å². The van der Waals surface area contributed by atoms with Crippen molar-refractivity contribution in [3.63, 3.8) is 0 Å². The van der Waals surface area contributed by atoms with Crippen molar-refractivity contribution in [2.24, 2.45) is 4.99 Å². The zero-order valence-electron chi connectivity index (χ0n) is 12.0. The Hall–Kier alpha value is -2.56. The van der Waals surface area contributed by atoms with Gasteiger partial charge in [-0.05, 0) is 11.6 Å². The number of ether oxygens (including phenoxy) is 2. The van der Waals surface area contributed by atoms with Gasteiger partial charge >= 0.3 is 0 Å². The van der Waals surface area contributed by atoms with Crippen LogP contribution in [0.3, 0.4) is 0 Å². The molecule has 1 aromatic rings. The molecule has 1 atom stereocenters. The lowest BCUT2D eigenvalue weighted by Crippen LogP contribution is -2.42.